The molecule has 8 nitrogen and oxygen atoms in total. The second-order valence-electron chi connectivity index (χ2n) is 6.37. The van der Waals surface area contributed by atoms with Gasteiger partial charge in [-0.1, -0.05) is 0 Å². The number of nitrogens with zero attached hydrogens (tertiary/aromatic N) is 1. The predicted molar refractivity (Wildman–Crippen MR) is 85.1 cm³/mol. The van der Waals surface area contributed by atoms with E-state index in [2.05, 4.69) is 5.32 Å². The van der Waals surface area contributed by atoms with Gasteiger partial charge in [0, 0.05) is 4.75 Å². The molecule has 134 valence electrons. The third kappa shape index (κ3) is 2.78. The van der Waals surface area contributed by atoms with Gasteiger partial charge >= 0.3 is 0 Å². The number of carbonyl (C=O) groups excluding carboxylic acids is 4. The summed E-state index contributed by atoms with van der Waals surface area (Å²) in [5, 5.41) is 27.7. The first-order valence-corrected chi connectivity index (χ1v) is 9.21. The van der Waals surface area contributed by atoms with Gasteiger partial charge in [-0.25, -0.2) is 0 Å². The van der Waals surface area contributed by atoms with Crippen LogP contribution in [0.15, 0.2) is 16.8 Å². The van der Waals surface area contributed by atoms with Crippen molar-refractivity contribution in [1.29, 1.82) is 0 Å². The number of thiophene rings is 1. The van der Waals surface area contributed by atoms with Crippen molar-refractivity contribution >= 4 is 46.9 Å². The Morgan fingerprint density at radius 2 is 2.00 bits per heavy atom. The summed E-state index contributed by atoms with van der Waals surface area (Å²) in [7, 11) is 0. The van der Waals surface area contributed by atoms with Gasteiger partial charge in [0.05, 0.1) is 18.0 Å². The van der Waals surface area contributed by atoms with Crippen molar-refractivity contribution in [2.45, 2.75) is 42.0 Å². The monoisotopic (exact) mass is 382 g/mol. The van der Waals surface area contributed by atoms with Crippen LogP contribution in [0.25, 0.3) is 0 Å². The molecule has 25 heavy (non-hydrogen) atoms. The highest BCUT2D eigenvalue weighted by atomic mass is 32.2. The van der Waals surface area contributed by atoms with E-state index in [1.54, 1.807) is 19.2 Å². The molecule has 0 bridgehead atoms. The fourth-order valence-electron chi connectivity index (χ4n) is 3.20. The lowest BCUT2D eigenvalue weighted by atomic mass is 9.95. The topological polar surface area (TPSA) is 130 Å². The van der Waals surface area contributed by atoms with Gasteiger partial charge in [0.2, 0.25) is 11.8 Å². The van der Waals surface area contributed by atoms with E-state index < -0.39 is 51.9 Å². The molecule has 3 rings (SSSR count). The molecule has 1 aromatic rings. The molecule has 4 atom stereocenters. The number of hydrogen-bond donors (Lipinski definition) is 1. The molecule has 0 aliphatic carbocycles. The molecule has 2 amide bonds. The first-order chi connectivity index (χ1) is 11.6. The minimum absolute atomic E-state index is 0.276. The van der Waals surface area contributed by atoms with Gasteiger partial charge in [-0.3, -0.25) is 9.59 Å². The molecule has 1 unspecified atom stereocenters. The lowest BCUT2D eigenvalue weighted by Crippen LogP contribution is -2.72. The number of aliphatic carboxylic acids is 2. The lowest BCUT2D eigenvalue weighted by molar-refractivity contribution is -0.312. The number of nitrogens with one attached hydrogen (secondary N) is 1. The Balaban J connectivity index is 1.77. The largest absolute Gasteiger partial charge is 0.549 e. The van der Waals surface area contributed by atoms with Crippen LogP contribution in [-0.2, 0) is 19.2 Å². The van der Waals surface area contributed by atoms with E-state index in [-0.39, 0.29) is 5.56 Å². The highest BCUT2D eigenvalue weighted by molar-refractivity contribution is 8.01. The van der Waals surface area contributed by atoms with E-state index in [1.807, 2.05) is 0 Å². The minimum atomic E-state index is -1.56. The van der Waals surface area contributed by atoms with Gasteiger partial charge in [-0.05, 0) is 36.2 Å². The van der Waals surface area contributed by atoms with Gasteiger partial charge in [-0.2, -0.15) is 11.3 Å². The molecule has 2 aliphatic heterocycles. The summed E-state index contributed by atoms with van der Waals surface area (Å²) in [6.45, 7) is 3.36. The summed E-state index contributed by atoms with van der Waals surface area (Å²) in [5.74, 6) is -5.86. The minimum Gasteiger partial charge on any atom is -0.549 e. The van der Waals surface area contributed by atoms with Gasteiger partial charge in [0.25, 0.3) is 0 Å². The zero-order valence-electron chi connectivity index (χ0n) is 13.3. The fourth-order valence-corrected chi connectivity index (χ4v) is 5.50. The highest BCUT2D eigenvalue weighted by Crippen LogP contribution is 2.50. The number of hydrogen-bond acceptors (Lipinski definition) is 8. The Morgan fingerprint density at radius 3 is 2.52 bits per heavy atom. The number of amides is 2. The maximum Gasteiger partial charge on any atom is 0.249 e. The molecule has 10 heteroatoms. The number of β-lactam (4-membered cyclic amide) rings is 1. The van der Waals surface area contributed by atoms with Crippen LogP contribution < -0.4 is 15.5 Å². The number of fused-ring (bicyclic) bond motifs is 1. The molecule has 2 fully saturated rings. The van der Waals surface area contributed by atoms with Crippen LogP contribution >= 0.6 is 23.1 Å². The molecule has 1 N–H and O–H groups in total. The Labute approximate surface area is 151 Å². The zero-order valence-corrected chi connectivity index (χ0v) is 14.9. The molecule has 0 saturated carbocycles. The van der Waals surface area contributed by atoms with Crippen molar-refractivity contribution in [3.05, 3.63) is 22.4 Å². The van der Waals surface area contributed by atoms with Gasteiger partial charge in [0.1, 0.15) is 17.3 Å². The van der Waals surface area contributed by atoms with E-state index in [4.69, 9.17) is 0 Å². The predicted octanol–water partition coefficient (Wildman–Crippen LogP) is -2.12. The molecule has 0 aromatic carbocycles. The van der Waals surface area contributed by atoms with Crippen LogP contribution in [0.3, 0.4) is 0 Å². The van der Waals surface area contributed by atoms with Crippen molar-refractivity contribution in [2.75, 3.05) is 0 Å². The van der Waals surface area contributed by atoms with E-state index >= 15 is 0 Å². The quantitative estimate of drug-likeness (QED) is 0.455. The lowest BCUT2D eigenvalue weighted by Gasteiger charge is -2.45. The van der Waals surface area contributed by atoms with Crippen LogP contribution in [-0.4, -0.2) is 50.9 Å². The Kier molecular flexibility index (Phi) is 4.28. The molecular weight excluding hydrogens is 368 g/mol. The summed E-state index contributed by atoms with van der Waals surface area (Å²) in [5.41, 5.74) is 0.276. The summed E-state index contributed by atoms with van der Waals surface area (Å²) < 4.78 is -0.778. The number of rotatable bonds is 5. The Bertz CT molecular complexity index is 747. The van der Waals surface area contributed by atoms with Gasteiger partial charge < -0.3 is 30.0 Å². The summed E-state index contributed by atoms with van der Waals surface area (Å²) in [6, 6.07) is -0.572. The third-order valence-corrected chi connectivity index (χ3v) is 6.61. The third-order valence-electron chi connectivity index (χ3n) is 4.34. The highest BCUT2D eigenvalue weighted by Gasteiger charge is 2.62. The average molecular weight is 382 g/mol. The zero-order chi connectivity index (χ0) is 18.5. The molecule has 2 saturated heterocycles. The molecule has 0 spiro atoms. The van der Waals surface area contributed by atoms with Crippen molar-refractivity contribution in [3.63, 3.8) is 0 Å². The second-order valence-corrected chi connectivity index (χ2v) is 8.92. The van der Waals surface area contributed by atoms with Gasteiger partial charge in [0.15, 0.2) is 0 Å². The normalized spacial score (nSPS) is 28.0. The van der Waals surface area contributed by atoms with E-state index in [9.17, 15) is 29.4 Å². The molecule has 3 heterocycles. The number of thioether (sulfide) groups is 1. The molecule has 2 aliphatic rings. The molecule has 1 aromatic heterocycles. The second kappa shape index (κ2) is 6.03. The molecular formula is C15H14N2O6S2-2. The SMILES string of the molecule is CC1(C)S[C@@H]2[C@H](NC(=O)C(C(=O)[O-])c3ccsc3)C(=O)N2[C@H]1C(=O)[O-]. The fraction of sp³-hybridized carbons (Fsp3) is 0.467. The van der Waals surface area contributed by atoms with Crippen LogP contribution in [0.2, 0.25) is 0 Å². The first-order valence-electron chi connectivity index (χ1n) is 7.39. The smallest absolute Gasteiger partial charge is 0.249 e. The standard InChI is InChI=1S/C15H16N2O6S2/c1-15(2)9(14(22)23)17-11(19)8(12(17)25-15)16-10(18)7(13(20)21)6-3-4-24-5-6/h3-5,7-9,12H,1-2H3,(H,16,18)(H,20,21)(H,22,23)/p-2/t7?,8-,9+,12-/m1/s1. The summed E-state index contributed by atoms with van der Waals surface area (Å²) >= 11 is 2.47. The maximum absolute atomic E-state index is 12.4. The summed E-state index contributed by atoms with van der Waals surface area (Å²) in [6.07, 6.45) is 0. The maximum atomic E-state index is 12.4. The average Bonchev–Trinajstić information content (AvgIpc) is 3.09. The van der Waals surface area contributed by atoms with Crippen LogP contribution in [0, 0.1) is 0 Å². The van der Waals surface area contributed by atoms with Gasteiger partial charge in [-0.15, -0.1) is 11.8 Å². The first kappa shape index (κ1) is 17.7. The Morgan fingerprint density at radius 1 is 1.32 bits per heavy atom. The van der Waals surface area contributed by atoms with Crippen LogP contribution in [0.1, 0.15) is 25.3 Å². The van der Waals surface area contributed by atoms with E-state index in [1.165, 1.54) is 39.4 Å². The number of carboxylic acid groups (broad SMARTS) is 2. The molecule has 0 radical (unpaired) electrons. The van der Waals surface area contributed by atoms with Crippen LogP contribution in [0.5, 0.6) is 0 Å². The van der Waals surface area contributed by atoms with Crippen molar-refractivity contribution in [2.24, 2.45) is 0 Å². The van der Waals surface area contributed by atoms with Crippen molar-refractivity contribution in [1.82, 2.24) is 10.2 Å². The van der Waals surface area contributed by atoms with E-state index in [0.717, 1.165) is 0 Å². The Hall–Kier alpha value is -2.07. The summed E-state index contributed by atoms with van der Waals surface area (Å²) in [4.78, 5) is 48.5. The van der Waals surface area contributed by atoms with Crippen LogP contribution in [0.4, 0.5) is 0 Å². The van der Waals surface area contributed by atoms with Crippen molar-refractivity contribution < 1.29 is 29.4 Å². The number of carboxylic acids is 2. The van der Waals surface area contributed by atoms with E-state index in [0.29, 0.717) is 0 Å². The van der Waals surface area contributed by atoms with Crippen molar-refractivity contribution in [3.8, 4) is 0 Å². The number of carbonyl (C=O) groups is 4.